The van der Waals surface area contributed by atoms with Crippen LogP contribution in [0.25, 0.3) is 22.3 Å². The Morgan fingerprint density at radius 1 is 0.559 bits per heavy atom. The van der Waals surface area contributed by atoms with Crippen molar-refractivity contribution in [3.05, 3.63) is 67.5 Å². The third-order valence-electron chi connectivity index (χ3n) is 14.3. The summed E-state index contributed by atoms with van der Waals surface area (Å²) < 4.78 is 3.74. The zero-order chi connectivity index (χ0) is 46.8. The van der Waals surface area contributed by atoms with Crippen LogP contribution in [0, 0.1) is 0 Å². The number of rotatable bonds is 14. The summed E-state index contributed by atoms with van der Waals surface area (Å²) in [6, 6.07) is -0.938. The lowest BCUT2D eigenvalue weighted by atomic mass is 9.90. The minimum Gasteiger partial charge on any atom is -0.390 e. The van der Waals surface area contributed by atoms with Crippen molar-refractivity contribution >= 4 is 68.5 Å². The second-order valence-corrected chi connectivity index (χ2v) is 19.2. The Kier molecular flexibility index (Phi) is 11.9. The number of hydrogen-bond acceptors (Lipinski definition) is 20. The molecule has 24 nitrogen and oxygen atoms in total. The average molecular weight is 974 g/mol. The molecule has 0 saturated heterocycles. The highest BCUT2D eigenvalue weighted by Crippen LogP contribution is 2.41. The number of nitrogens with one attached hydrogen (secondary N) is 4. The smallest absolute Gasteiger partial charge is 0.253 e. The molecule has 4 aliphatic rings. The Morgan fingerprint density at radius 3 is 1.54 bits per heavy atom. The highest BCUT2D eigenvalue weighted by Gasteiger charge is 2.45. The number of aromatic nitrogens is 14. The van der Waals surface area contributed by atoms with E-state index in [1.807, 2.05) is 0 Å². The minimum atomic E-state index is -1.18. The first-order chi connectivity index (χ1) is 33.0. The summed E-state index contributed by atoms with van der Waals surface area (Å²) in [5.74, 6) is 1.02. The number of nitrogens with zero attached hydrogens (tertiary/aromatic N) is 14. The van der Waals surface area contributed by atoms with Crippen LogP contribution < -0.4 is 32.1 Å². The van der Waals surface area contributed by atoms with Crippen molar-refractivity contribution in [3.63, 3.8) is 0 Å². The van der Waals surface area contributed by atoms with Gasteiger partial charge < -0.3 is 50.8 Å². The van der Waals surface area contributed by atoms with Crippen LogP contribution in [0.2, 0.25) is 10.6 Å². The molecule has 0 radical (unpaired) electrons. The van der Waals surface area contributed by atoms with Crippen LogP contribution in [-0.2, 0) is 13.2 Å². The lowest BCUT2D eigenvalue weighted by Crippen LogP contribution is -2.43. The van der Waals surface area contributed by atoms with Gasteiger partial charge in [0.05, 0.1) is 50.3 Å². The van der Waals surface area contributed by atoms with Gasteiger partial charge >= 0.3 is 0 Å². The summed E-state index contributed by atoms with van der Waals surface area (Å²) in [6.07, 6.45) is 12.9. The van der Waals surface area contributed by atoms with Gasteiger partial charge in [0, 0.05) is 30.2 Å². The zero-order valence-corrected chi connectivity index (χ0v) is 38.1. The Hall–Kier alpha value is -5.92. The second kappa shape index (κ2) is 18.2. The predicted octanol–water partition coefficient (Wildman–Crippen LogP) is 2.58. The lowest BCUT2D eigenvalue weighted by molar-refractivity contribution is 0.00491. The standard InChI is InChI=1S/C42H50Cl2N18O6/c43-41-53-37(31-39(55-41)59(17-45-31)25-9-10-26(11-25)61-47-13-23(15-63)57-61)51-21-5-1-19(2-6-21)49-29-30(36(68)35(29)67)50-20-3-7-22(8-4-20)52-38-32-40(56-42(44)54-38)60(18-46-32)27-12-28(34(66)33(27)65)62-48-14-24(16-64)58-62/h13-14,17-22,25-28,33-34,49-50,63-66H,1-12,15-16H2,(H,51,53,55)(H,52,54,56)/t19?,20?,21?,22?,25-,26+,27+,28-,33-,34+/m0/s1. The minimum absolute atomic E-state index is 0.00748. The number of imidazole rings is 2. The van der Waals surface area contributed by atoms with E-state index < -0.39 is 35.1 Å². The molecule has 4 aliphatic carbocycles. The molecule has 8 N–H and O–H groups in total. The molecular formula is C42H50Cl2N18O6. The number of halogens is 2. The molecule has 0 amide bonds. The van der Waals surface area contributed by atoms with Gasteiger partial charge in [-0.05, 0) is 100 Å². The van der Waals surface area contributed by atoms with Gasteiger partial charge in [-0.25, -0.2) is 9.97 Å². The fourth-order valence-electron chi connectivity index (χ4n) is 10.7. The normalized spacial score (nSPS) is 27.7. The number of fused-ring (bicyclic) bond motifs is 2. The van der Waals surface area contributed by atoms with E-state index >= 15 is 0 Å². The summed E-state index contributed by atoms with van der Waals surface area (Å²) in [5, 5.41) is 71.9. The summed E-state index contributed by atoms with van der Waals surface area (Å²) >= 11 is 12.9. The van der Waals surface area contributed by atoms with Gasteiger partial charge in [0.15, 0.2) is 34.0 Å². The molecule has 358 valence electrons. The van der Waals surface area contributed by atoms with E-state index in [4.69, 9.17) is 28.2 Å². The molecular weight excluding hydrogens is 923 g/mol. The van der Waals surface area contributed by atoms with Crippen LogP contribution in [0.3, 0.4) is 0 Å². The van der Waals surface area contributed by atoms with Gasteiger partial charge in [0.1, 0.15) is 41.0 Å². The maximum absolute atomic E-state index is 12.9. The molecule has 6 heterocycles. The topological polar surface area (TPSA) is 312 Å². The first-order valence-corrected chi connectivity index (χ1v) is 23.9. The van der Waals surface area contributed by atoms with E-state index in [-0.39, 0.29) is 66.5 Å². The highest BCUT2D eigenvalue weighted by molar-refractivity contribution is 6.29. The summed E-state index contributed by atoms with van der Waals surface area (Å²) in [7, 11) is 0. The van der Waals surface area contributed by atoms with Gasteiger partial charge in [-0.3, -0.25) is 9.59 Å². The SMILES string of the molecule is O=c1c(NC2CCC(Nc3nc(Cl)nc4c3ncn4[C@H]3CC[C@@H](n4ncc(CO)n4)C3)CC2)c(NC2CCC(Nc3nc(Cl)nc4c3ncn4[C@@H]3C[C@H](n4ncc(CO)n4)[C@@H](O)[C@H]3O)CC2)c1=O. The van der Waals surface area contributed by atoms with Crippen molar-refractivity contribution < 1.29 is 20.4 Å². The quantitative estimate of drug-likeness (QED) is 0.0574. The third kappa shape index (κ3) is 8.29. The van der Waals surface area contributed by atoms with Crippen LogP contribution in [0.1, 0.15) is 113 Å². The fraction of sp³-hybridized carbons (Fsp3) is 0.571. The van der Waals surface area contributed by atoms with Gasteiger partial charge in [-0.1, -0.05) is 0 Å². The Labute approximate surface area is 396 Å². The molecule has 4 fully saturated rings. The number of anilines is 4. The molecule has 1 aromatic carbocycles. The molecule has 7 aromatic rings. The fourth-order valence-corrected chi connectivity index (χ4v) is 11.0. The molecule has 11 rings (SSSR count). The van der Waals surface area contributed by atoms with Crippen molar-refractivity contribution in [2.45, 2.75) is 151 Å². The van der Waals surface area contributed by atoms with Crippen LogP contribution in [0.4, 0.5) is 23.0 Å². The van der Waals surface area contributed by atoms with E-state index in [0.29, 0.717) is 56.7 Å². The molecule has 6 aromatic heterocycles. The first kappa shape index (κ1) is 44.6. The van der Waals surface area contributed by atoms with Crippen molar-refractivity contribution in [2.24, 2.45) is 0 Å². The lowest BCUT2D eigenvalue weighted by Gasteiger charge is -2.33. The van der Waals surface area contributed by atoms with E-state index in [1.165, 1.54) is 11.0 Å². The van der Waals surface area contributed by atoms with Crippen molar-refractivity contribution in [3.8, 4) is 0 Å². The molecule has 0 unspecified atom stereocenters. The van der Waals surface area contributed by atoms with Gasteiger partial charge in [0.25, 0.3) is 10.9 Å². The monoisotopic (exact) mass is 972 g/mol. The number of aliphatic hydroxyl groups is 4. The van der Waals surface area contributed by atoms with Gasteiger partial charge in [0.2, 0.25) is 10.6 Å². The molecule has 0 bridgehead atoms. The molecule has 4 saturated carbocycles. The predicted molar refractivity (Wildman–Crippen MR) is 247 cm³/mol. The number of hydrogen-bond donors (Lipinski definition) is 8. The highest BCUT2D eigenvalue weighted by atomic mass is 35.5. The molecule has 26 heteroatoms. The largest absolute Gasteiger partial charge is 0.390 e. The zero-order valence-electron chi connectivity index (χ0n) is 36.6. The third-order valence-corrected chi connectivity index (χ3v) is 14.7. The maximum Gasteiger partial charge on any atom is 0.253 e. The van der Waals surface area contributed by atoms with Crippen LogP contribution in [-0.4, -0.2) is 126 Å². The molecule has 0 spiro atoms. The summed E-state index contributed by atoms with van der Waals surface area (Å²) in [5.41, 5.74) is 2.74. The average Bonchev–Trinajstić information content (AvgIpc) is 4.22. The first-order valence-electron chi connectivity index (χ1n) is 23.1. The maximum atomic E-state index is 12.9. The molecule has 0 aliphatic heterocycles. The van der Waals surface area contributed by atoms with Crippen molar-refractivity contribution in [1.29, 1.82) is 0 Å². The Morgan fingerprint density at radius 2 is 1.01 bits per heavy atom. The molecule has 6 atom stereocenters. The van der Waals surface area contributed by atoms with Crippen LogP contribution in [0.5, 0.6) is 0 Å². The second-order valence-electron chi connectivity index (χ2n) is 18.5. The van der Waals surface area contributed by atoms with E-state index in [0.717, 1.165) is 70.6 Å². The van der Waals surface area contributed by atoms with Crippen LogP contribution >= 0.6 is 23.2 Å². The Balaban J connectivity index is 0.677. The summed E-state index contributed by atoms with van der Waals surface area (Å²) in [4.78, 5) is 56.1. The van der Waals surface area contributed by atoms with Crippen molar-refractivity contribution in [2.75, 3.05) is 21.3 Å². The molecule has 68 heavy (non-hydrogen) atoms. The van der Waals surface area contributed by atoms with Crippen LogP contribution in [0.15, 0.2) is 34.6 Å². The number of aliphatic hydroxyl groups excluding tert-OH is 4. The van der Waals surface area contributed by atoms with E-state index in [9.17, 15) is 30.0 Å². The summed E-state index contributed by atoms with van der Waals surface area (Å²) in [6.45, 7) is -0.444. The van der Waals surface area contributed by atoms with Crippen molar-refractivity contribution in [1.82, 2.24) is 69.0 Å². The van der Waals surface area contributed by atoms with E-state index in [1.54, 1.807) is 28.2 Å². The van der Waals surface area contributed by atoms with Gasteiger partial charge in [-0.15, -0.1) is 0 Å². The van der Waals surface area contributed by atoms with E-state index in [2.05, 4.69) is 71.1 Å². The van der Waals surface area contributed by atoms with Gasteiger partial charge in [-0.2, -0.15) is 49.9 Å². The Bertz CT molecular complexity index is 3020.